The van der Waals surface area contributed by atoms with Gasteiger partial charge >= 0.3 is 0 Å². The molecule has 0 unspecified atom stereocenters. The number of imide groups is 1. The molecule has 1 fully saturated rings. The highest BCUT2D eigenvalue weighted by atomic mass is 35.5. The summed E-state index contributed by atoms with van der Waals surface area (Å²) in [5.41, 5.74) is 1.13. The number of thioether (sulfide) groups is 1. The van der Waals surface area contributed by atoms with Gasteiger partial charge in [0.15, 0.2) is 18.1 Å². The first-order chi connectivity index (χ1) is 13.9. The van der Waals surface area contributed by atoms with Crippen LogP contribution in [0.2, 0.25) is 10.0 Å². The largest absolute Gasteiger partial charge is 0.493 e. The molecule has 0 aromatic heterocycles. The van der Waals surface area contributed by atoms with Crippen LogP contribution in [0.5, 0.6) is 11.5 Å². The van der Waals surface area contributed by atoms with Gasteiger partial charge in [-0.15, -0.1) is 0 Å². The Labute approximate surface area is 180 Å². The summed E-state index contributed by atoms with van der Waals surface area (Å²) >= 11 is 12.6. The zero-order chi connectivity index (χ0) is 21.0. The Balaban J connectivity index is 1.65. The number of anilines is 1. The van der Waals surface area contributed by atoms with Gasteiger partial charge in [0.1, 0.15) is 0 Å². The molecular weight excluding hydrogens is 439 g/mol. The Morgan fingerprint density at radius 3 is 2.59 bits per heavy atom. The van der Waals surface area contributed by atoms with Gasteiger partial charge in [0.05, 0.1) is 22.1 Å². The predicted octanol–water partition coefficient (Wildman–Crippen LogP) is 4.34. The van der Waals surface area contributed by atoms with Gasteiger partial charge in [0.25, 0.3) is 17.1 Å². The number of rotatable bonds is 6. The molecule has 2 aromatic rings. The minimum Gasteiger partial charge on any atom is -0.493 e. The first-order valence-electron chi connectivity index (χ1n) is 8.16. The number of carbonyl (C=O) groups is 3. The number of methoxy groups -OCH3 is 1. The van der Waals surface area contributed by atoms with Gasteiger partial charge in [-0.3, -0.25) is 19.7 Å². The van der Waals surface area contributed by atoms with E-state index in [2.05, 4.69) is 10.6 Å². The van der Waals surface area contributed by atoms with Crippen LogP contribution >= 0.6 is 35.0 Å². The fourth-order valence-corrected chi connectivity index (χ4v) is 3.36. The molecule has 150 valence electrons. The first-order valence-corrected chi connectivity index (χ1v) is 9.73. The lowest BCUT2D eigenvalue weighted by Gasteiger charge is -2.12. The van der Waals surface area contributed by atoms with Crippen molar-refractivity contribution in [3.63, 3.8) is 0 Å². The molecule has 0 aliphatic carbocycles. The summed E-state index contributed by atoms with van der Waals surface area (Å²) in [6.45, 7) is -0.260. The van der Waals surface area contributed by atoms with Crippen molar-refractivity contribution in [2.45, 2.75) is 0 Å². The van der Waals surface area contributed by atoms with E-state index in [1.165, 1.54) is 13.2 Å². The monoisotopic (exact) mass is 452 g/mol. The minimum absolute atomic E-state index is 0.260. The highest BCUT2D eigenvalue weighted by Gasteiger charge is 2.25. The van der Waals surface area contributed by atoms with Gasteiger partial charge in [-0.2, -0.15) is 0 Å². The van der Waals surface area contributed by atoms with Crippen molar-refractivity contribution < 1.29 is 23.9 Å². The van der Waals surface area contributed by atoms with Crippen LogP contribution in [-0.2, 0) is 9.59 Å². The Morgan fingerprint density at radius 2 is 1.93 bits per heavy atom. The maximum Gasteiger partial charge on any atom is 0.290 e. The quantitative estimate of drug-likeness (QED) is 0.632. The van der Waals surface area contributed by atoms with Gasteiger partial charge < -0.3 is 14.8 Å². The van der Waals surface area contributed by atoms with Crippen LogP contribution in [0.3, 0.4) is 0 Å². The van der Waals surface area contributed by atoms with Crippen LogP contribution in [0.15, 0.2) is 41.3 Å². The Kier molecular flexibility index (Phi) is 6.68. The number of nitrogens with one attached hydrogen (secondary N) is 2. The standard InChI is InChI=1S/C19H14Cl2N2O5S/c1-27-15-6-10(7-16-18(25)23-19(26)29-16)2-5-14(15)28-9-17(24)22-11-3-4-12(20)13(21)8-11/h2-8H,9H2,1H3,(H,22,24)(H,23,25,26)/b16-7-. The smallest absolute Gasteiger partial charge is 0.290 e. The molecule has 1 aliphatic heterocycles. The summed E-state index contributed by atoms with van der Waals surface area (Å²) < 4.78 is 10.8. The van der Waals surface area contributed by atoms with Gasteiger partial charge in [0, 0.05) is 5.69 Å². The van der Waals surface area contributed by atoms with Crippen LogP contribution in [0.25, 0.3) is 6.08 Å². The van der Waals surface area contributed by atoms with E-state index in [9.17, 15) is 14.4 Å². The lowest BCUT2D eigenvalue weighted by Crippen LogP contribution is -2.20. The molecule has 0 saturated carbocycles. The molecule has 1 aliphatic rings. The van der Waals surface area contributed by atoms with Gasteiger partial charge in [-0.05, 0) is 53.7 Å². The maximum absolute atomic E-state index is 12.1. The zero-order valence-electron chi connectivity index (χ0n) is 15.0. The molecule has 1 saturated heterocycles. The molecule has 0 bridgehead atoms. The van der Waals surface area contributed by atoms with Gasteiger partial charge in [-0.25, -0.2) is 0 Å². The lowest BCUT2D eigenvalue weighted by atomic mass is 10.2. The van der Waals surface area contributed by atoms with E-state index in [-0.39, 0.29) is 11.5 Å². The zero-order valence-corrected chi connectivity index (χ0v) is 17.3. The molecule has 29 heavy (non-hydrogen) atoms. The van der Waals surface area contributed by atoms with E-state index < -0.39 is 17.1 Å². The highest BCUT2D eigenvalue weighted by Crippen LogP contribution is 2.31. The number of carbonyl (C=O) groups excluding carboxylic acids is 3. The molecule has 0 atom stereocenters. The van der Waals surface area contributed by atoms with Crippen LogP contribution in [0.4, 0.5) is 10.5 Å². The van der Waals surface area contributed by atoms with Crippen molar-refractivity contribution in [1.82, 2.24) is 5.32 Å². The van der Waals surface area contributed by atoms with Crippen molar-refractivity contribution in [3.05, 3.63) is 56.9 Å². The number of hydrogen-bond donors (Lipinski definition) is 2. The van der Waals surface area contributed by atoms with Crippen molar-refractivity contribution in [2.75, 3.05) is 19.0 Å². The fourth-order valence-electron chi connectivity index (χ4n) is 2.38. The van der Waals surface area contributed by atoms with Crippen molar-refractivity contribution in [3.8, 4) is 11.5 Å². The van der Waals surface area contributed by atoms with Crippen LogP contribution in [0.1, 0.15) is 5.56 Å². The van der Waals surface area contributed by atoms with E-state index >= 15 is 0 Å². The maximum atomic E-state index is 12.1. The summed E-state index contributed by atoms with van der Waals surface area (Å²) in [5.74, 6) is -0.123. The summed E-state index contributed by atoms with van der Waals surface area (Å²) in [5, 5.41) is 5.14. The lowest BCUT2D eigenvalue weighted by molar-refractivity contribution is -0.118. The molecule has 3 amide bonds. The first kappa shape index (κ1) is 21.0. The molecule has 10 heteroatoms. The third kappa shape index (κ3) is 5.44. The number of benzene rings is 2. The molecule has 1 heterocycles. The summed E-state index contributed by atoms with van der Waals surface area (Å²) in [7, 11) is 1.45. The second-order valence-electron chi connectivity index (χ2n) is 5.73. The second kappa shape index (κ2) is 9.21. The van der Waals surface area contributed by atoms with E-state index in [0.717, 1.165) is 11.8 Å². The molecule has 2 N–H and O–H groups in total. The number of amides is 3. The minimum atomic E-state index is -0.446. The fraction of sp³-hybridized carbons (Fsp3) is 0.105. The predicted molar refractivity (Wildman–Crippen MR) is 113 cm³/mol. The second-order valence-corrected chi connectivity index (χ2v) is 7.56. The van der Waals surface area contributed by atoms with Crippen molar-refractivity contribution >= 4 is 63.8 Å². The van der Waals surface area contributed by atoms with Crippen molar-refractivity contribution in [1.29, 1.82) is 0 Å². The number of ether oxygens (including phenoxy) is 2. The van der Waals surface area contributed by atoms with Crippen LogP contribution in [-0.4, -0.2) is 30.8 Å². The average molecular weight is 453 g/mol. The molecule has 2 aromatic carbocycles. The molecule has 0 radical (unpaired) electrons. The molecule has 0 spiro atoms. The van der Waals surface area contributed by atoms with Gasteiger partial charge in [0.2, 0.25) is 0 Å². The van der Waals surface area contributed by atoms with Crippen LogP contribution < -0.4 is 20.1 Å². The number of halogens is 2. The molecule has 3 rings (SSSR count). The highest BCUT2D eigenvalue weighted by molar-refractivity contribution is 8.18. The summed E-state index contributed by atoms with van der Waals surface area (Å²) in [6, 6.07) is 9.65. The van der Waals surface area contributed by atoms with E-state index in [0.29, 0.717) is 32.8 Å². The topological polar surface area (TPSA) is 93.7 Å². The third-order valence-electron chi connectivity index (χ3n) is 3.69. The van der Waals surface area contributed by atoms with Gasteiger partial charge in [-0.1, -0.05) is 29.3 Å². The SMILES string of the molecule is COc1cc(/C=C2\SC(=O)NC2=O)ccc1OCC(=O)Nc1ccc(Cl)c(Cl)c1. The summed E-state index contributed by atoms with van der Waals surface area (Å²) in [6.07, 6.45) is 1.56. The Morgan fingerprint density at radius 1 is 1.14 bits per heavy atom. The van der Waals surface area contributed by atoms with E-state index in [1.807, 2.05) is 0 Å². The van der Waals surface area contributed by atoms with Crippen LogP contribution in [0, 0.1) is 0 Å². The third-order valence-corrected chi connectivity index (χ3v) is 5.24. The van der Waals surface area contributed by atoms with E-state index in [1.54, 1.807) is 36.4 Å². The van der Waals surface area contributed by atoms with E-state index in [4.69, 9.17) is 32.7 Å². The number of hydrogen-bond acceptors (Lipinski definition) is 6. The molecule has 7 nitrogen and oxygen atoms in total. The normalized spacial score (nSPS) is 14.7. The Bertz CT molecular complexity index is 1030. The van der Waals surface area contributed by atoms with Crippen molar-refractivity contribution in [2.24, 2.45) is 0 Å². The summed E-state index contributed by atoms with van der Waals surface area (Å²) in [4.78, 5) is 35.3. The Hall–Kier alpha value is -2.68. The average Bonchev–Trinajstić information content (AvgIpc) is 3.00. The molecular formula is C19H14Cl2N2O5S.